The number of Topliss-reactive ketones (excluding diaryl/α,β-unsaturated/α-hetero) is 2. The van der Waals surface area contributed by atoms with Gasteiger partial charge in [0.25, 0.3) is 0 Å². The Morgan fingerprint density at radius 1 is 0.452 bits per heavy atom. The molecule has 1 saturated heterocycles. The van der Waals surface area contributed by atoms with Crippen LogP contribution in [0.25, 0.3) is 59.8 Å². The Morgan fingerprint density at radius 2 is 0.889 bits per heavy atom. The maximum atomic E-state index is 13.8. The number of rotatable bonds is 23. The molecule has 17 nitrogen and oxygen atoms in total. The highest BCUT2D eigenvalue weighted by molar-refractivity contribution is 7.88. The number of ketones is 3. The van der Waals surface area contributed by atoms with Gasteiger partial charge in [0, 0.05) is 59.6 Å². The highest BCUT2D eigenvalue weighted by Crippen LogP contribution is 2.40. The van der Waals surface area contributed by atoms with E-state index in [2.05, 4.69) is 119 Å². The average Bonchev–Trinajstić information content (AvgIpc) is 0.793. The molecule has 1 aliphatic heterocycles. The molecule has 22 heteroatoms. The zero-order chi connectivity index (χ0) is 97.3. The van der Waals surface area contributed by atoms with Crippen LogP contribution in [0.2, 0.25) is 0 Å². The van der Waals surface area contributed by atoms with Crippen molar-refractivity contribution in [3.05, 3.63) is 297 Å². The molecule has 13 aromatic carbocycles. The predicted octanol–water partition coefficient (Wildman–Crippen LogP) is 26.5. The molecule has 17 rings (SSSR count). The number of alkyl halides is 3. The third-order valence-corrected chi connectivity index (χ3v) is 26.2. The molecule has 0 spiro atoms. The smallest absolute Gasteiger partial charge is 0.508 e. The van der Waals surface area contributed by atoms with Gasteiger partial charge in [-0.15, -0.1) is 0 Å². The summed E-state index contributed by atoms with van der Waals surface area (Å²) < 4.78 is 117. The lowest BCUT2D eigenvalue weighted by molar-refractivity contribution is -0.120. The quantitative estimate of drug-likeness (QED) is 0.0208. The van der Waals surface area contributed by atoms with E-state index in [0.29, 0.717) is 63.3 Å². The Hall–Kier alpha value is -12.6. The maximum Gasteiger partial charge on any atom is 0.534 e. The zero-order valence-electron chi connectivity index (χ0n) is 80.8. The monoisotopic (exact) mass is 1850 g/mol. The largest absolute Gasteiger partial charge is 0.534 e. The summed E-state index contributed by atoms with van der Waals surface area (Å²) in [5.74, 6) is 7.16. The van der Waals surface area contributed by atoms with Crippen LogP contribution in [-0.2, 0) is 49.9 Å². The van der Waals surface area contributed by atoms with Gasteiger partial charge in [0.15, 0.2) is 11.6 Å². The van der Waals surface area contributed by atoms with Gasteiger partial charge in [0.1, 0.15) is 63.3 Å². The van der Waals surface area contributed by atoms with Crippen LogP contribution in [0.1, 0.15) is 200 Å². The van der Waals surface area contributed by atoms with Crippen LogP contribution in [-0.4, -0.2) is 114 Å². The zero-order valence-corrected chi connectivity index (χ0v) is 81.6. The van der Waals surface area contributed by atoms with Gasteiger partial charge in [-0.2, -0.15) is 21.6 Å². The number of carbonyl (C=O) groups excluding carboxylic acids is 3. The number of aromatic hydroxyl groups is 1. The number of carbonyl (C=O) groups is 3. The Kier molecular flexibility index (Phi) is 36.6. The van der Waals surface area contributed by atoms with Gasteiger partial charge < -0.3 is 56.5 Å². The van der Waals surface area contributed by atoms with Crippen LogP contribution in [0.5, 0.6) is 57.5 Å². The standard InChI is InChI=1S/C36H42O3.C17H21BO3.C13H11F3O4S.C12H14O2.C12H12O2.C12H14O.C11H12O2/c1-5-6-7-8-9-10-11-12-13-27-14-16-28(17-15-27)36(37)35-25-31(39-4)20-23-34(35)33-21-18-29-24-30(38-3)19-22-32(29)26(33)2;1-12-15-7-6-14(19-4)9-13(15)5-8-16(12)18-20-10-17(2,3)11-21-18;1-8-11-5-4-10(19-2)7-9(11)3-6-12(8)20-21(17,18)13(14,15)16;2*1-8-11-5-4-10(14-2)7-9(11)3-6-12(8)13;1-9-4-3-5-10-8-11(13-2)6-7-12(9)10;1-13-9-5-6-10-8(7-9)3-2-4-11(10)12/h14-25H,5-13H2,1-4H3;5-9H,10-11H2,1-4H3;3-7H,1-2H3;4-5,7-8H,3,6H2,1-2H3;3-7,13H,1-2H3;4,6-8H,3,5H2,1-2H3;5-7H,2-4H2,1H3. The van der Waals surface area contributed by atoms with Crippen molar-refractivity contribution >= 4 is 88.7 Å². The minimum Gasteiger partial charge on any atom is -0.508 e. The van der Waals surface area contributed by atoms with Crippen molar-refractivity contribution in [1.29, 1.82) is 0 Å². The van der Waals surface area contributed by atoms with Crippen LogP contribution in [0.15, 0.2) is 224 Å². The Bertz CT molecular complexity index is 6440. The van der Waals surface area contributed by atoms with E-state index in [-0.39, 0.29) is 35.8 Å². The first-order chi connectivity index (χ1) is 64.8. The molecule has 3 aliphatic carbocycles. The van der Waals surface area contributed by atoms with Crippen molar-refractivity contribution in [3.8, 4) is 68.6 Å². The molecule has 1 atom stereocenters. The molecule has 0 amide bonds. The second kappa shape index (κ2) is 48.0. The summed E-state index contributed by atoms with van der Waals surface area (Å²) in [6, 6.07) is 69.6. The number of ether oxygens (including phenoxy) is 8. The number of methoxy groups -OCH3 is 8. The summed E-state index contributed by atoms with van der Waals surface area (Å²) >= 11 is 0. The van der Waals surface area contributed by atoms with Crippen LogP contribution in [0.3, 0.4) is 0 Å². The number of hydrogen-bond acceptors (Lipinski definition) is 17. The van der Waals surface area contributed by atoms with Crippen molar-refractivity contribution in [2.24, 2.45) is 5.41 Å². The molecule has 13 aromatic rings. The maximum absolute atomic E-state index is 13.8. The third-order valence-electron chi connectivity index (χ3n) is 25.2. The molecule has 4 aliphatic rings. The van der Waals surface area contributed by atoms with E-state index in [1.807, 2.05) is 129 Å². The van der Waals surface area contributed by atoms with Gasteiger partial charge in [-0.3, -0.25) is 14.4 Å². The van der Waals surface area contributed by atoms with E-state index in [1.54, 1.807) is 74.0 Å². The number of phenolic OH excluding ortho intramolecular Hbond substituents is 1. The minimum atomic E-state index is -5.68. The summed E-state index contributed by atoms with van der Waals surface area (Å²) in [6.07, 6.45) is 20.4. The summed E-state index contributed by atoms with van der Waals surface area (Å²) in [5, 5.41) is 17.6. The summed E-state index contributed by atoms with van der Waals surface area (Å²) in [4.78, 5) is 36.7. The van der Waals surface area contributed by atoms with Gasteiger partial charge in [-0.05, 0) is 316 Å². The van der Waals surface area contributed by atoms with Gasteiger partial charge in [-0.25, -0.2) is 0 Å². The molecule has 0 bridgehead atoms. The van der Waals surface area contributed by atoms with Gasteiger partial charge in [-0.1, -0.05) is 176 Å². The van der Waals surface area contributed by atoms with Crippen molar-refractivity contribution in [3.63, 3.8) is 0 Å². The minimum absolute atomic E-state index is 0.0109. The lowest BCUT2D eigenvalue weighted by atomic mass is 9.72. The highest BCUT2D eigenvalue weighted by atomic mass is 32.2. The van der Waals surface area contributed by atoms with E-state index in [9.17, 15) is 41.1 Å². The van der Waals surface area contributed by atoms with E-state index in [0.717, 1.165) is 147 Å². The van der Waals surface area contributed by atoms with E-state index in [1.165, 1.54) is 127 Å². The topological polar surface area (TPSA) is 207 Å². The molecule has 710 valence electrons. The summed E-state index contributed by atoms with van der Waals surface area (Å²) in [5.41, 5.74) is 12.5. The van der Waals surface area contributed by atoms with Crippen LogP contribution in [0.4, 0.5) is 13.2 Å². The average molecular weight is 1860 g/mol. The van der Waals surface area contributed by atoms with Gasteiger partial charge in [0.05, 0.1) is 56.9 Å². The summed E-state index contributed by atoms with van der Waals surface area (Å²) in [7, 11) is 7.23. The van der Waals surface area contributed by atoms with Crippen molar-refractivity contribution < 1.29 is 92.5 Å². The fourth-order valence-corrected chi connectivity index (χ4v) is 17.6. The van der Waals surface area contributed by atoms with Crippen molar-refractivity contribution in [2.45, 2.75) is 176 Å². The molecule has 1 N–H and O–H groups in total. The molecule has 0 aromatic heterocycles. The Morgan fingerprint density at radius 3 is 1.43 bits per heavy atom. The second-order valence-electron chi connectivity index (χ2n) is 35.0. The first kappa shape index (κ1) is 103. The number of aryl methyl sites for hydroxylation is 8. The predicted molar refractivity (Wildman–Crippen MR) is 537 cm³/mol. The van der Waals surface area contributed by atoms with Crippen molar-refractivity contribution in [2.75, 3.05) is 70.1 Å². The van der Waals surface area contributed by atoms with E-state index >= 15 is 0 Å². The SMILES string of the molecule is CCCCCCCCCCc1ccc(C(=O)c2cc(OC)ccc2-c2ccc3cc(OC)ccc3c2C)cc1.COc1ccc2c(C)c(B3OCC(C)(C)CO3)ccc2c1.COc1ccc2c(C)c(O)ccc2c1.COc1ccc2c(C)c(OS(=O)(=O)C(F)(F)F)ccc2c1.COc1ccc2c(c1)CCC(=O)C2C.COc1ccc2c(c1)CCC=C2C.COc1ccc2c(c1)CCCC2=O. The molecule has 1 unspecified atom stereocenters. The van der Waals surface area contributed by atoms with Gasteiger partial charge >= 0.3 is 22.7 Å². The number of allylic oxidation sites excluding steroid dienone is 2. The number of fused-ring (bicyclic) bond motifs is 7. The lowest BCUT2D eigenvalue weighted by Gasteiger charge is -2.33. The second-order valence-corrected chi connectivity index (χ2v) is 36.6. The third kappa shape index (κ3) is 26.7. The van der Waals surface area contributed by atoms with Crippen LogP contribution < -0.4 is 47.5 Å². The van der Waals surface area contributed by atoms with Crippen molar-refractivity contribution in [1.82, 2.24) is 0 Å². The number of phenols is 1. The lowest BCUT2D eigenvalue weighted by Crippen LogP contribution is -2.48. The molecule has 1 fully saturated rings. The van der Waals surface area contributed by atoms with E-state index < -0.39 is 15.6 Å². The normalized spacial score (nSPS) is 14.0. The van der Waals surface area contributed by atoms with Crippen LogP contribution >= 0.6 is 0 Å². The molecule has 0 saturated carbocycles. The number of benzene rings is 13. The molecular weight excluding hydrogens is 1730 g/mol. The molecule has 0 radical (unpaired) electrons. The number of halogens is 3. The molecular formula is C113H126BF3O17S. The number of unbranched alkanes of at least 4 members (excludes halogenated alkanes) is 7. The fourth-order valence-electron chi connectivity index (χ4n) is 17.1. The van der Waals surface area contributed by atoms with E-state index in [4.69, 9.17) is 47.2 Å². The molecule has 1 heterocycles. The first-order valence-corrected chi connectivity index (χ1v) is 47.5. The Balaban J connectivity index is 0.000000158. The summed E-state index contributed by atoms with van der Waals surface area (Å²) in [6.45, 7) is 19.8. The first-order valence-electron chi connectivity index (χ1n) is 46.1. The van der Waals surface area contributed by atoms with Crippen LogP contribution in [0, 0.1) is 33.1 Å². The number of hydrogen-bond donors (Lipinski definition) is 1. The highest BCUT2D eigenvalue weighted by Gasteiger charge is 2.49. The van der Waals surface area contributed by atoms with Gasteiger partial charge in [0.2, 0.25) is 0 Å². The molecule has 135 heavy (non-hydrogen) atoms. The Labute approximate surface area is 793 Å². The fraction of sp³-hybridized carbons (Fsp3) is 0.336.